The van der Waals surface area contributed by atoms with Gasteiger partial charge in [-0.2, -0.15) is 0 Å². The summed E-state index contributed by atoms with van der Waals surface area (Å²) in [6.45, 7) is 1.80. The molecule has 1 saturated heterocycles. The van der Waals surface area contributed by atoms with Gasteiger partial charge in [0, 0.05) is 19.1 Å². The van der Waals surface area contributed by atoms with Crippen molar-refractivity contribution in [3.05, 3.63) is 0 Å². The number of carbonyl (C=O) groups is 2. The van der Waals surface area contributed by atoms with Crippen molar-refractivity contribution in [1.29, 1.82) is 0 Å². The Kier molecular flexibility index (Phi) is 3.64. The van der Waals surface area contributed by atoms with Gasteiger partial charge in [0.1, 0.15) is 0 Å². The summed E-state index contributed by atoms with van der Waals surface area (Å²) in [5.41, 5.74) is 0. The molecule has 1 aliphatic carbocycles. The Morgan fingerprint density at radius 3 is 2.38 bits per heavy atom. The van der Waals surface area contributed by atoms with Crippen LogP contribution in [-0.2, 0) is 4.79 Å². The Balaban J connectivity index is 1.61. The number of carbonyl (C=O) groups excluding carboxylic acids is 2. The minimum absolute atomic E-state index is 0.0289. The van der Waals surface area contributed by atoms with Gasteiger partial charge in [0.15, 0.2) is 0 Å². The molecule has 1 saturated carbocycles. The van der Waals surface area contributed by atoms with Crippen LogP contribution in [0.15, 0.2) is 0 Å². The van der Waals surface area contributed by atoms with Gasteiger partial charge in [-0.15, -0.1) is 0 Å². The van der Waals surface area contributed by atoms with E-state index >= 15 is 0 Å². The maximum atomic E-state index is 11.6. The van der Waals surface area contributed by atoms with E-state index in [1.807, 2.05) is 4.90 Å². The Hall–Kier alpha value is -1.26. The first kappa shape index (κ1) is 11.2. The predicted molar refractivity (Wildman–Crippen MR) is 60.0 cm³/mol. The average molecular weight is 225 g/mol. The lowest BCUT2D eigenvalue weighted by Crippen LogP contribution is -2.48. The highest BCUT2D eigenvalue weighted by Gasteiger charge is 2.21. The summed E-state index contributed by atoms with van der Waals surface area (Å²) < 4.78 is 0. The molecule has 90 valence electrons. The second-order valence-corrected chi connectivity index (χ2v) is 4.54. The van der Waals surface area contributed by atoms with Gasteiger partial charge in [0.25, 0.3) is 0 Å². The Morgan fingerprint density at radius 1 is 1.12 bits per heavy atom. The van der Waals surface area contributed by atoms with Crippen LogP contribution in [-0.4, -0.2) is 42.5 Å². The van der Waals surface area contributed by atoms with Crippen molar-refractivity contribution in [2.45, 2.75) is 38.1 Å². The predicted octanol–water partition coefficient (Wildman–Crippen LogP) is 0.460. The second-order valence-electron chi connectivity index (χ2n) is 4.54. The van der Waals surface area contributed by atoms with Gasteiger partial charge >= 0.3 is 6.03 Å². The molecule has 5 heteroatoms. The van der Waals surface area contributed by atoms with E-state index in [9.17, 15) is 9.59 Å². The first-order valence-electron chi connectivity index (χ1n) is 6.08. The van der Waals surface area contributed by atoms with Gasteiger partial charge in [0.2, 0.25) is 5.91 Å². The van der Waals surface area contributed by atoms with Crippen LogP contribution in [0.1, 0.15) is 32.1 Å². The third kappa shape index (κ3) is 2.87. The molecule has 0 atom stereocenters. The maximum Gasteiger partial charge on any atom is 0.315 e. The Morgan fingerprint density at radius 2 is 1.81 bits per heavy atom. The number of likely N-dealkylation sites (tertiary alicyclic amines) is 1. The van der Waals surface area contributed by atoms with Crippen molar-refractivity contribution < 1.29 is 9.59 Å². The zero-order valence-corrected chi connectivity index (χ0v) is 9.50. The molecule has 2 aliphatic rings. The minimum Gasteiger partial charge on any atom is -0.341 e. The van der Waals surface area contributed by atoms with Crippen molar-refractivity contribution in [3.63, 3.8) is 0 Å². The van der Waals surface area contributed by atoms with Crippen molar-refractivity contribution in [2.24, 2.45) is 0 Å². The number of amides is 3. The summed E-state index contributed by atoms with van der Waals surface area (Å²) in [4.78, 5) is 24.8. The number of urea groups is 1. The molecule has 0 spiro atoms. The molecule has 2 N–H and O–H groups in total. The summed E-state index contributed by atoms with van der Waals surface area (Å²) in [7, 11) is 0. The molecule has 0 aromatic carbocycles. The lowest BCUT2D eigenvalue weighted by molar-refractivity contribution is -0.129. The molecule has 0 aromatic heterocycles. The average Bonchev–Trinajstić information content (AvgIpc) is 2.73. The van der Waals surface area contributed by atoms with E-state index in [0.29, 0.717) is 6.04 Å². The van der Waals surface area contributed by atoms with E-state index in [1.54, 1.807) is 0 Å². The smallest absolute Gasteiger partial charge is 0.315 e. The summed E-state index contributed by atoms with van der Waals surface area (Å²) in [5.74, 6) is 0.0289. The normalized spacial score (nSPS) is 20.4. The monoisotopic (exact) mass is 225 g/mol. The molecular formula is C11H19N3O2. The third-order valence-electron chi connectivity index (χ3n) is 3.30. The van der Waals surface area contributed by atoms with Gasteiger partial charge in [0.05, 0.1) is 6.54 Å². The van der Waals surface area contributed by atoms with E-state index in [-0.39, 0.29) is 18.5 Å². The highest BCUT2D eigenvalue weighted by Crippen LogP contribution is 2.17. The number of rotatable bonds is 3. The van der Waals surface area contributed by atoms with Crippen molar-refractivity contribution in [2.75, 3.05) is 19.6 Å². The fraction of sp³-hybridized carbons (Fsp3) is 0.818. The molecule has 0 aromatic rings. The van der Waals surface area contributed by atoms with Crippen LogP contribution in [0.2, 0.25) is 0 Å². The molecule has 0 unspecified atom stereocenters. The van der Waals surface area contributed by atoms with Crippen LogP contribution < -0.4 is 10.6 Å². The van der Waals surface area contributed by atoms with Gasteiger partial charge in [-0.25, -0.2) is 4.79 Å². The standard InChI is InChI=1S/C11H19N3O2/c15-10(14-6-1-2-7-14)8-12-11(16)13-9-4-3-5-9/h9H,1-8H2,(H2,12,13,16). The van der Waals surface area contributed by atoms with Crippen LogP contribution in [0.25, 0.3) is 0 Å². The Bertz CT molecular complexity index is 270. The Labute approximate surface area is 95.6 Å². The highest BCUT2D eigenvalue weighted by molar-refractivity contribution is 5.84. The van der Waals surface area contributed by atoms with E-state index in [1.165, 1.54) is 6.42 Å². The lowest BCUT2D eigenvalue weighted by Gasteiger charge is -2.26. The second kappa shape index (κ2) is 5.18. The number of hydrogen-bond acceptors (Lipinski definition) is 2. The molecule has 1 aliphatic heterocycles. The number of hydrogen-bond donors (Lipinski definition) is 2. The summed E-state index contributed by atoms with van der Waals surface area (Å²) in [6, 6.07) is 0.110. The van der Waals surface area contributed by atoms with Gasteiger partial charge in [-0.3, -0.25) is 4.79 Å². The first-order valence-corrected chi connectivity index (χ1v) is 6.08. The van der Waals surface area contributed by atoms with Crippen LogP contribution in [0.5, 0.6) is 0 Å². The SMILES string of the molecule is O=C(NCC(=O)N1CCCC1)NC1CCC1. The van der Waals surface area contributed by atoms with Crippen molar-refractivity contribution in [1.82, 2.24) is 15.5 Å². The molecule has 5 nitrogen and oxygen atoms in total. The molecule has 1 heterocycles. The molecule has 0 bridgehead atoms. The van der Waals surface area contributed by atoms with Crippen molar-refractivity contribution in [3.8, 4) is 0 Å². The zero-order chi connectivity index (χ0) is 11.4. The van der Waals surface area contributed by atoms with E-state index in [4.69, 9.17) is 0 Å². The van der Waals surface area contributed by atoms with Crippen LogP contribution >= 0.6 is 0 Å². The van der Waals surface area contributed by atoms with Gasteiger partial charge in [-0.1, -0.05) is 0 Å². The molecule has 2 fully saturated rings. The number of nitrogens with zero attached hydrogens (tertiary/aromatic N) is 1. The molecule has 16 heavy (non-hydrogen) atoms. The summed E-state index contributed by atoms with van der Waals surface area (Å²) in [6.07, 6.45) is 5.48. The maximum absolute atomic E-state index is 11.6. The molecule has 2 rings (SSSR count). The summed E-state index contributed by atoms with van der Waals surface area (Å²) >= 11 is 0. The topological polar surface area (TPSA) is 61.4 Å². The van der Waals surface area contributed by atoms with E-state index in [2.05, 4.69) is 10.6 Å². The van der Waals surface area contributed by atoms with Gasteiger partial charge in [-0.05, 0) is 32.1 Å². The third-order valence-corrected chi connectivity index (χ3v) is 3.30. The highest BCUT2D eigenvalue weighted by atomic mass is 16.2. The van der Waals surface area contributed by atoms with Crippen molar-refractivity contribution >= 4 is 11.9 Å². The largest absolute Gasteiger partial charge is 0.341 e. The van der Waals surface area contributed by atoms with E-state index in [0.717, 1.165) is 38.8 Å². The molecular weight excluding hydrogens is 206 g/mol. The minimum atomic E-state index is -0.211. The quantitative estimate of drug-likeness (QED) is 0.733. The fourth-order valence-electron chi connectivity index (χ4n) is 2.02. The van der Waals surface area contributed by atoms with Crippen LogP contribution in [0.3, 0.4) is 0 Å². The molecule has 3 amide bonds. The van der Waals surface area contributed by atoms with Gasteiger partial charge < -0.3 is 15.5 Å². The zero-order valence-electron chi connectivity index (χ0n) is 9.50. The number of nitrogens with one attached hydrogen (secondary N) is 2. The summed E-state index contributed by atoms with van der Waals surface area (Å²) in [5, 5.41) is 5.46. The van der Waals surface area contributed by atoms with Crippen LogP contribution in [0.4, 0.5) is 4.79 Å². The molecule has 0 radical (unpaired) electrons. The van der Waals surface area contributed by atoms with Crippen LogP contribution in [0, 0.1) is 0 Å². The first-order chi connectivity index (χ1) is 7.75. The lowest BCUT2D eigenvalue weighted by atomic mass is 9.93. The van der Waals surface area contributed by atoms with E-state index < -0.39 is 0 Å². The fourth-order valence-corrected chi connectivity index (χ4v) is 2.02.